The van der Waals surface area contributed by atoms with Crippen molar-refractivity contribution >= 4 is 23.2 Å². The van der Waals surface area contributed by atoms with Gasteiger partial charge in [-0.2, -0.15) is 0 Å². The molecule has 0 aliphatic carbocycles. The average Bonchev–Trinajstić information content (AvgIpc) is 3.12. The molecule has 1 atom stereocenters. The number of nitrogens with zero attached hydrogens (tertiary/aromatic N) is 1. The van der Waals surface area contributed by atoms with Gasteiger partial charge in [-0.15, -0.1) is 11.3 Å². The van der Waals surface area contributed by atoms with E-state index in [1.807, 2.05) is 37.3 Å². The molecule has 0 spiro atoms. The van der Waals surface area contributed by atoms with Gasteiger partial charge in [-0.1, -0.05) is 30.3 Å². The third kappa shape index (κ3) is 3.17. The maximum absolute atomic E-state index is 12.0. The highest BCUT2D eigenvalue weighted by Crippen LogP contribution is 2.27. The van der Waals surface area contributed by atoms with Gasteiger partial charge in [0.2, 0.25) is 11.8 Å². The first kappa shape index (κ1) is 14.7. The summed E-state index contributed by atoms with van der Waals surface area (Å²) in [5, 5.41) is 6.51. The van der Waals surface area contributed by atoms with Crippen LogP contribution in [-0.2, 0) is 16.1 Å². The summed E-state index contributed by atoms with van der Waals surface area (Å²) < 4.78 is 0. The van der Waals surface area contributed by atoms with Crippen molar-refractivity contribution in [2.45, 2.75) is 32.4 Å². The fraction of sp³-hybridized carbons (Fsp3) is 0.312. The minimum absolute atomic E-state index is 0.0551. The lowest BCUT2D eigenvalue weighted by Gasteiger charge is -2.10. The zero-order valence-electron chi connectivity index (χ0n) is 12.3. The van der Waals surface area contributed by atoms with Gasteiger partial charge in [0, 0.05) is 16.9 Å². The van der Waals surface area contributed by atoms with E-state index in [4.69, 9.17) is 0 Å². The molecule has 1 saturated heterocycles. The van der Waals surface area contributed by atoms with E-state index in [-0.39, 0.29) is 11.8 Å². The zero-order valence-corrected chi connectivity index (χ0v) is 13.1. The summed E-state index contributed by atoms with van der Waals surface area (Å²) in [6, 6.07) is 9.59. The van der Waals surface area contributed by atoms with Gasteiger partial charge in [0.1, 0.15) is 11.0 Å². The number of benzene rings is 1. The van der Waals surface area contributed by atoms with Crippen LogP contribution in [0.4, 0.5) is 0 Å². The Kier molecular flexibility index (Phi) is 4.20. The van der Waals surface area contributed by atoms with Crippen LogP contribution in [0.2, 0.25) is 0 Å². The highest BCUT2D eigenvalue weighted by atomic mass is 32.1. The summed E-state index contributed by atoms with van der Waals surface area (Å²) >= 11 is 1.58. The van der Waals surface area contributed by atoms with E-state index < -0.39 is 6.04 Å². The van der Waals surface area contributed by atoms with E-state index >= 15 is 0 Å². The monoisotopic (exact) mass is 315 g/mol. The third-order valence-corrected chi connectivity index (χ3v) is 4.85. The second-order valence-corrected chi connectivity index (χ2v) is 6.35. The molecule has 1 unspecified atom stereocenters. The average molecular weight is 315 g/mol. The molecule has 2 amide bonds. The van der Waals surface area contributed by atoms with E-state index in [0.717, 1.165) is 21.1 Å². The number of hydrogen-bond donors (Lipinski definition) is 2. The molecule has 1 fully saturated rings. The minimum Gasteiger partial charge on any atom is -0.349 e. The summed E-state index contributed by atoms with van der Waals surface area (Å²) in [4.78, 5) is 28.8. The number of rotatable bonds is 4. The van der Waals surface area contributed by atoms with Gasteiger partial charge in [0.25, 0.3) is 0 Å². The van der Waals surface area contributed by atoms with Crippen LogP contribution in [0.1, 0.15) is 23.4 Å². The van der Waals surface area contributed by atoms with Crippen LogP contribution in [0.25, 0.3) is 10.6 Å². The first-order chi connectivity index (χ1) is 10.6. The number of aromatic nitrogens is 1. The second kappa shape index (κ2) is 6.27. The Morgan fingerprint density at radius 3 is 2.86 bits per heavy atom. The molecule has 1 aromatic carbocycles. The Morgan fingerprint density at radius 2 is 2.18 bits per heavy atom. The van der Waals surface area contributed by atoms with Crippen molar-refractivity contribution in [1.82, 2.24) is 15.6 Å². The predicted molar refractivity (Wildman–Crippen MR) is 85.3 cm³/mol. The van der Waals surface area contributed by atoms with Crippen LogP contribution in [0, 0.1) is 6.92 Å². The number of hydrogen-bond acceptors (Lipinski definition) is 4. The van der Waals surface area contributed by atoms with E-state index in [1.54, 1.807) is 11.3 Å². The zero-order chi connectivity index (χ0) is 15.5. The summed E-state index contributed by atoms with van der Waals surface area (Å²) in [7, 11) is 0. The highest BCUT2D eigenvalue weighted by Gasteiger charge is 2.27. The molecular formula is C16H17N3O2S. The van der Waals surface area contributed by atoms with E-state index in [0.29, 0.717) is 19.4 Å². The van der Waals surface area contributed by atoms with Gasteiger partial charge in [-0.25, -0.2) is 4.98 Å². The maximum Gasteiger partial charge on any atom is 0.242 e. The molecule has 1 aliphatic heterocycles. The lowest BCUT2D eigenvalue weighted by molar-refractivity contribution is -0.125. The standard InChI is InChI=1S/C16H17N3O2S/c1-10-13(9-17-15(21)12-7-8-14(20)19-12)22-16(18-10)11-5-3-2-4-6-11/h2-6,12H,7-9H2,1H3,(H,17,21)(H,19,20). The van der Waals surface area contributed by atoms with Crippen molar-refractivity contribution in [3.05, 3.63) is 40.9 Å². The van der Waals surface area contributed by atoms with Crippen LogP contribution in [0.15, 0.2) is 30.3 Å². The molecule has 22 heavy (non-hydrogen) atoms. The Morgan fingerprint density at radius 1 is 1.41 bits per heavy atom. The number of carbonyl (C=O) groups is 2. The summed E-state index contributed by atoms with van der Waals surface area (Å²) in [6.07, 6.45) is 0.997. The molecule has 2 heterocycles. The van der Waals surface area contributed by atoms with Crippen molar-refractivity contribution < 1.29 is 9.59 Å². The number of aryl methyl sites for hydroxylation is 1. The fourth-order valence-corrected chi connectivity index (χ4v) is 3.41. The number of amides is 2. The van der Waals surface area contributed by atoms with Crippen LogP contribution in [-0.4, -0.2) is 22.8 Å². The molecule has 6 heteroatoms. The van der Waals surface area contributed by atoms with Crippen LogP contribution >= 0.6 is 11.3 Å². The molecule has 0 saturated carbocycles. The summed E-state index contributed by atoms with van der Waals surface area (Å²) in [5.74, 6) is -0.180. The van der Waals surface area contributed by atoms with Gasteiger partial charge < -0.3 is 10.6 Å². The van der Waals surface area contributed by atoms with Crippen molar-refractivity contribution in [3.8, 4) is 10.6 Å². The Labute approximate surface area is 132 Å². The number of carbonyl (C=O) groups excluding carboxylic acids is 2. The van der Waals surface area contributed by atoms with Crippen molar-refractivity contribution in [2.75, 3.05) is 0 Å². The maximum atomic E-state index is 12.0. The van der Waals surface area contributed by atoms with E-state index in [1.165, 1.54) is 0 Å². The molecule has 2 aromatic rings. The molecular weight excluding hydrogens is 298 g/mol. The topological polar surface area (TPSA) is 71.1 Å². The predicted octanol–water partition coefficient (Wildman–Crippen LogP) is 2.01. The van der Waals surface area contributed by atoms with Gasteiger partial charge >= 0.3 is 0 Å². The first-order valence-electron chi connectivity index (χ1n) is 7.22. The van der Waals surface area contributed by atoms with Crippen LogP contribution in [0.5, 0.6) is 0 Å². The highest BCUT2D eigenvalue weighted by molar-refractivity contribution is 7.15. The molecule has 2 N–H and O–H groups in total. The molecule has 3 rings (SSSR count). The minimum atomic E-state index is -0.394. The Bertz CT molecular complexity index is 697. The fourth-order valence-electron chi connectivity index (χ4n) is 2.40. The lowest BCUT2D eigenvalue weighted by Crippen LogP contribution is -2.41. The largest absolute Gasteiger partial charge is 0.349 e. The molecule has 1 aromatic heterocycles. The van der Waals surface area contributed by atoms with Gasteiger partial charge in [0.05, 0.1) is 12.2 Å². The smallest absolute Gasteiger partial charge is 0.242 e. The summed E-state index contributed by atoms with van der Waals surface area (Å²) in [5.41, 5.74) is 2.01. The van der Waals surface area contributed by atoms with Crippen molar-refractivity contribution in [2.24, 2.45) is 0 Å². The quantitative estimate of drug-likeness (QED) is 0.906. The molecule has 0 bridgehead atoms. The molecule has 0 radical (unpaired) electrons. The van der Waals surface area contributed by atoms with Gasteiger partial charge in [-0.05, 0) is 13.3 Å². The van der Waals surface area contributed by atoms with E-state index in [2.05, 4.69) is 15.6 Å². The van der Waals surface area contributed by atoms with E-state index in [9.17, 15) is 9.59 Å². The molecule has 5 nitrogen and oxygen atoms in total. The molecule has 1 aliphatic rings. The summed E-state index contributed by atoms with van der Waals surface area (Å²) in [6.45, 7) is 2.39. The van der Waals surface area contributed by atoms with Crippen LogP contribution < -0.4 is 10.6 Å². The third-order valence-electron chi connectivity index (χ3n) is 3.65. The van der Waals surface area contributed by atoms with Gasteiger partial charge in [0.15, 0.2) is 0 Å². The van der Waals surface area contributed by atoms with Gasteiger partial charge in [-0.3, -0.25) is 9.59 Å². The Balaban J connectivity index is 1.65. The first-order valence-corrected chi connectivity index (χ1v) is 8.04. The number of thiazole rings is 1. The lowest BCUT2D eigenvalue weighted by atomic mass is 10.2. The van der Waals surface area contributed by atoms with Crippen molar-refractivity contribution in [3.63, 3.8) is 0 Å². The molecule has 114 valence electrons. The van der Waals surface area contributed by atoms with Crippen LogP contribution in [0.3, 0.4) is 0 Å². The van der Waals surface area contributed by atoms with Crippen molar-refractivity contribution in [1.29, 1.82) is 0 Å². The second-order valence-electron chi connectivity index (χ2n) is 5.27. The SMILES string of the molecule is Cc1nc(-c2ccccc2)sc1CNC(=O)C1CCC(=O)N1. The normalized spacial score (nSPS) is 17.3. The Hall–Kier alpha value is -2.21. The number of nitrogens with one attached hydrogen (secondary N) is 2.